The maximum atomic E-state index is 11.8. The summed E-state index contributed by atoms with van der Waals surface area (Å²) in [7, 11) is 0. The van der Waals surface area contributed by atoms with Crippen molar-refractivity contribution in [3.05, 3.63) is 34.3 Å². The number of aliphatic imine (C=N–C) groups is 1. The van der Waals surface area contributed by atoms with Gasteiger partial charge in [-0.3, -0.25) is 9.79 Å². The molecule has 0 atom stereocenters. The van der Waals surface area contributed by atoms with Crippen LogP contribution in [0.25, 0.3) is 0 Å². The maximum Gasteiger partial charge on any atom is 0.223 e. The van der Waals surface area contributed by atoms with Crippen molar-refractivity contribution in [2.24, 2.45) is 10.9 Å². The number of guanidine groups is 1. The van der Waals surface area contributed by atoms with E-state index in [2.05, 4.69) is 63.1 Å². The molecule has 3 rings (SSSR count). The summed E-state index contributed by atoms with van der Waals surface area (Å²) in [6.07, 6.45) is 6.58. The number of benzene rings is 1. The first-order valence-corrected chi connectivity index (χ1v) is 11.0. The highest BCUT2D eigenvalue weighted by Crippen LogP contribution is 2.50. The van der Waals surface area contributed by atoms with Crippen molar-refractivity contribution in [2.75, 3.05) is 26.2 Å². The van der Waals surface area contributed by atoms with Crippen LogP contribution in [0.3, 0.4) is 0 Å². The van der Waals surface area contributed by atoms with Gasteiger partial charge < -0.3 is 16.0 Å². The summed E-state index contributed by atoms with van der Waals surface area (Å²) in [5.74, 6) is 1.36. The van der Waals surface area contributed by atoms with Gasteiger partial charge in [0.25, 0.3) is 0 Å². The molecule has 0 unspecified atom stereocenters. The van der Waals surface area contributed by atoms with Gasteiger partial charge in [0, 0.05) is 35.4 Å². The number of nitrogens with zero attached hydrogens (tertiary/aromatic N) is 1. The summed E-state index contributed by atoms with van der Waals surface area (Å²) < 4.78 is 1.18. The highest BCUT2D eigenvalue weighted by molar-refractivity contribution is 9.10. The Bertz CT molecular complexity index is 668. The molecule has 5 nitrogen and oxygen atoms in total. The molecule has 0 radical (unpaired) electrons. The van der Waals surface area contributed by atoms with E-state index in [9.17, 15) is 4.79 Å². The zero-order valence-corrected chi connectivity index (χ0v) is 17.8. The van der Waals surface area contributed by atoms with Crippen LogP contribution < -0.4 is 16.0 Å². The average molecular weight is 435 g/mol. The number of carbonyl (C=O) groups is 1. The van der Waals surface area contributed by atoms with Crippen molar-refractivity contribution in [3.8, 4) is 0 Å². The summed E-state index contributed by atoms with van der Waals surface area (Å²) in [6.45, 7) is 5.24. The molecule has 0 bridgehead atoms. The lowest BCUT2D eigenvalue weighted by molar-refractivity contribution is -0.127. The quantitative estimate of drug-likeness (QED) is 0.317. The molecule has 1 amide bonds. The number of hydrogen-bond donors (Lipinski definition) is 3. The molecule has 148 valence electrons. The Hall–Kier alpha value is -1.56. The smallest absolute Gasteiger partial charge is 0.223 e. The van der Waals surface area contributed by atoms with Gasteiger partial charge in [-0.25, -0.2) is 0 Å². The fraction of sp³-hybridized carbons (Fsp3) is 0.619. The standard InChI is InChI=1S/C21H31BrN4O/c1-2-23-20(25-14-6-13-24-19(27)16-7-5-8-16)26-15-21(11-12-21)17-9-3-4-10-18(17)22/h3-4,9-10,16H,2,5-8,11-15H2,1H3,(H,24,27)(H2,23,25,26). The van der Waals surface area contributed by atoms with Crippen LogP contribution in [-0.2, 0) is 10.2 Å². The topological polar surface area (TPSA) is 65.5 Å². The minimum Gasteiger partial charge on any atom is -0.357 e. The van der Waals surface area contributed by atoms with Crippen molar-refractivity contribution in [2.45, 2.75) is 50.9 Å². The monoisotopic (exact) mass is 434 g/mol. The lowest BCUT2D eigenvalue weighted by Crippen LogP contribution is -2.40. The minimum absolute atomic E-state index is 0.180. The molecular weight excluding hydrogens is 404 g/mol. The molecule has 0 heterocycles. The second kappa shape index (κ2) is 9.58. The van der Waals surface area contributed by atoms with Gasteiger partial charge in [0.2, 0.25) is 5.91 Å². The number of amides is 1. The van der Waals surface area contributed by atoms with E-state index in [1.807, 2.05) is 0 Å². The summed E-state index contributed by atoms with van der Waals surface area (Å²) >= 11 is 3.69. The van der Waals surface area contributed by atoms with E-state index in [1.165, 1.54) is 29.3 Å². The maximum absolute atomic E-state index is 11.8. The number of rotatable bonds is 9. The Morgan fingerprint density at radius 3 is 2.56 bits per heavy atom. The molecule has 1 aromatic carbocycles. The first-order valence-electron chi connectivity index (χ1n) is 10.2. The third kappa shape index (κ3) is 5.47. The summed E-state index contributed by atoms with van der Waals surface area (Å²) in [4.78, 5) is 16.7. The van der Waals surface area contributed by atoms with Crippen molar-refractivity contribution in [1.29, 1.82) is 0 Å². The molecule has 27 heavy (non-hydrogen) atoms. The molecule has 6 heteroatoms. The van der Waals surface area contributed by atoms with Crippen LogP contribution in [0.15, 0.2) is 33.7 Å². The molecule has 0 saturated heterocycles. The molecule has 1 aromatic rings. The minimum atomic E-state index is 0.180. The Labute approximate surface area is 170 Å². The fourth-order valence-corrected chi connectivity index (χ4v) is 4.15. The zero-order valence-electron chi connectivity index (χ0n) is 16.2. The first-order chi connectivity index (χ1) is 13.1. The van der Waals surface area contributed by atoms with E-state index in [4.69, 9.17) is 4.99 Å². The fourth-order valence-electron chi connectivity index (χ4n) is 3.45. The average Bonchev–Trinajstić information content (AvgIpc) is 3.39. The summed E-state index contributed by atoms with van der Waals surface area (Å²) in [5.41, 5.74) is 1.54. The van der Waals surface area contributed by atoms with Crippen LogP contribution in [0.1, 0.15) is 51.0 Å². The second-order valence-electron chi connectivity index (χ2n) is 7.65. The Kier molecular flexibility index (Phi) is 7.16. The van der Waals surface area contributed by atoms with E-state index in [0.29, 0.717) is 0 Å². The second-order valence-corrected chi connectivity index (χ2v) is 8.51. The zero-order chi connectivity index (χ0) is 19.1. The lowest BCUT2D eigenvalue weighted by atomic mass is 9.85. The lowest BCUT2D eigenvalue weighted by Gasteiger charge is -2.24. The van der Waals surface area contributed by atoms with Crippen LogP contribution >= 0.6 is 15.9 Å². The molecule has 2 aliphatic rings. The van der Waals surface area contributed by atoms with Gasteiger partial charge in [-0.2, -0.15) is 0 Å². The predicted molar refractivity (Wildman–Crippen MR) is 114 cm³/mol. The number of hydrogen-bond acceptors (Lipinski definition) is 2. The van der Waals surface area contributed by atoms with E-state index in [0.717, 1.165) is 51.4 Å². The van der Waals surface area contributed by atoms with E-state index >= 15 is 0 Å². The van der Waals surface area contributed by atoms with Gasteiger partial charge in [-0.05, 0) is 50.7 Å². The third-order valence-corrected chi connectivity index (χ3v) is 6.30. The van der Waals surface area contributed by atoms with Gasteiger partial charge in [0.05, 0.1) is 6.54 Å². The Balaban J connectivity index is 1.44. The predicted octanol–water partition coefficient (Wildman–Crippen LogP) is 3.34. The molecule has 2 fully saturated rings. The normalized spacial score (nSPS) is 18.5. The van der Waals surface area contributed by atoms with Gasteiger partial charge in [-0.1, -0.05) is 40.5 Å². The van der Waals surface area contributed by atoms with Crippen LogP contribution in [-0.4, -0.2) is 38.0 Å². The SMILES string of the molecule is CCNC(=NCC1(c2ccccc2Br)CC1)NCCCNC(=O)C1CCC1. The van der Waals surface area contributed by atoms with Gasteiger partial charge in [0.15, 0.2) is 5.96 Å². The first kappa shape index (κ1) is 20.2. The van der Waals surface area contributed by atoms with Crippen molar-refractivity contribution in [1.82, 2.24) is 16.0 Å². The van der Waals surface area contributed by atoms with Crippen molar-refractivity contribution >= 4 is 27.8 Å². The van der Waals surface area contributed by atoms with Gasteiger partial charge in [0.1, 0.15) is 0 Å². The number of halogens is 1. The molecule has 2 saturated carbocycles. The van der Waals surface area contributed by atoms with Crippen LogP contribution in [0.4, 0.5) is 0 Å². The van der Waals surface area contributed by atoms with Crippen LogP contribution in [0.5, 0.6) is 0 Å². The van der Waals surface area contributed by atoms with E-state index in [-0.39, 0.29) is 17.2 Å². The van der Waals surface area contributed by atoms with Crippen LogP contribution in [0, 0.1) is 5.92 Å². The third-order valence-electron chi connectivity index (χ3n) is 5.60. The molecule has 0 aliphatic heterocycles. The van der Waals surface area contributed by atoms with Gasteiger partial charge in [-0.15, -0.1) is 0 Å². The highest BCUT2D eigenvalue weighted by Gasteiger charge is 2.45. The Morgan fingerprint density at radius 2 is 1.93 bits per heavy atom. The summed E-state index contributed by atoms with van der Waals surface area (Å²) in [6, 6.07) is 8.48. The van der Waals surface area contributed by atoms with E-state index in [1.54, 1.807) is 0 Å². The Morgan fingerprint density at radius 1 is 1.19 bits per heavy atom. The summed E-state index contributed by atoms with van der Waals surface area (Å²) in [5, 5.41) is 9.76. The van der Waals surface area contributed by atoms with Crippen molar-refractivity contribution < 1.29 is 4.79 Å². The molecule has 0 aromatic heterocycles. The molecular formula is C21H31BrN4O. The van der Waals surface area contributed by atoms with E-state index < -0.39 is 0 Å². The highest BCUT2D eigenvalue weighted by atomic mass is 79.9. The molecule has 2 aliphatic carbocycles. The number of nitrogens with one attached hydrogen (secondary N) is 3. The molecule has 0 spiro atoms. The molecule has 3 N–H and O–H groups in total. The van der Waals surface area contributed by atoms with Gasteiger partial charge >= 0.3 is 0 Å². The number of carbonyl (C=O) groups excluding carboxylic acids is 1. The van der Waals surface area contributed by atoms with Crippen molar-refractivity contribution in [3.63, 3.8) is 0 Å². The van der Waals surface area contributed by atoms with Crippen LogP contribution in [0.2, 0.25) is 0 Å². The largest absolute Gasteiger partial charge is 0.357 e.